The molecule has 0 bridgehead atoms. The number of hydrogen-bond donors (Lipinski definition) is 0. The Labute approximate surface area is 498 Å². The highest BCUT2D eigenvalue weighted by Crippen LogP contribution is 2.51. The van der Waals surface area contributed by atoms with Crippen LogP contribution in [0.4, 0.5) is 0 Å². The third kappa shape index (κ3) is 6.97. The van der Waals surface area contributed by atoms with E-state index in [1.807, 2.05) is 24.3 Å². The summed E-state index contributed by atoms with van der Waals surface area (Å²) in [5.74, 6) is 0. The van der Waals surface area contributed by atoms with Crippen LogP contribution in [0, 0.1) is 22.7 Å². The van der Waals surface area contributed by atoms with Crippen LogP contribution in [0.1, 0.15) is 11.1 Å². The van der Waals surface area contributed by atoms with Gasteiger partial charge in [-0.05, 0) is 112 Å². The van der Waals surface area contributed by atoms with Gasteiger partial charge < -0.3 is 22.7 Å². The van der Waals surface area contributed by atoms with Crippen LogP contribution in [0.5, 0.6) is 0 Å². The molecule has 0 N–H and O–H groups in total. The Morgan fingerprint density at radius 1 is 0.218 bits per heavy atom. The quantitative estimate of drug-likeness (QED) is 0.159. The third-order valence-corrected chi connectivity index (χ3v) is 18.0. The molecule has 0 radical (unpaired) electrons. The first-order chi connectivity index (χ1) is 43.1. The molecule has 87 heavy (non-hydrogen) atoms. The molecule has 5 heterocycles. The Kier molecular flexibility index (Phi) is 10.4. The molecule has 0 aliphatic carbocycles. The predicted molar refractivity (Wildman–Crippen MR) is 357 cm³/mol. The minimum atomic E-state index is 0.233. The van der Waals surface area contributed by atoms with Crippen LogP contribution in [-0.4, -0.2) is 18.3 Å². The van der Waals surface area contributed by atoms with E-state index in [-0.39, 0.29) is 11.1 Å². The predicted octanol–water partition coefficient (Wildman–Crippen LogP) is 20.7. The number of nitriles is 2. The Bertz CT molecular complexity index is 6020. The van der Waals surface area contributed by atoms with Crippen LogP contribution >= 0.6 is 0 Å². The Morgan fingerprint density at radius 2 is 0.529 bits per heavy atom. The van der Waals surface area contributed by atoms with E-state index in [4.69, 9.17) is 4.42 Å². The number of hydrogen-bond acceptors (Lipinski definition) is 3. The van der Waals surface area contributed by atoms with Gasteiger partial charge in [-0.1, -0.05) is 200 Å². The molecule has 0 saturated carbocycles. The van der Waals surface area contributed by atoms with Crippen LogP contribution < -0.4 is 0 Å². The van der Waals surface area contributed by atoms with Crippen molar-refractivity contribution in [3.8, 4) is 68.3 Å². The lowest BCUT2D eigenvalue weighted by Crippen LogP contribution is -2.17. The lowest BCUT2D eigenvalue weighted by molar-refractivity contribution is 0.669. The van der Waals surface area contributed by atoms with Crippen molar-refractivity contribution in [2.75, 3.05) is 0 Å². The van der Waals surface area contributed by atoms with Crippen molar-refractivity contribution < 1.29 is 4.42 Å². The number of nitrogens with zero attached hydrogens (tertiary/aromatic N) is 6. The van der Waals surface area contributed by atoms with Crippen LogP contribution in [0.2, 0.25) is 0 Å². The van der Waals surface area contributed by atoms with E-state index in [1.54, 1.807) is 0 Å². The SMILES string of the molecule is N#Cc1c(C#N)c(-n2c3ccccc3c3cc4oc5ccccc5c4cc32)c(-n2c3ccccc3c3cc(-c4ccccc4)ccc32)c(-n2c3ccccc3c3cc(-c4ccccc4)ccc32)c1-n1c2ccccc2c2cc(-c3ccccc3)ccc21. The molecule has 0 saturated heterocycles. The van der Waals surface area contributed by atoms with Crippen LogP contribution in [0.15, 0.2) is 283 Å². The van der Waals surface area contributed by atoms with E-state index >= 15 is 0 Å². The number of benzene rings is 13. The van der Waals surface area contributed by atoms with Crippen molar-refractivity contribution in [3.05, 3.63) is 290 Å². The summed E-state index contributed by atoms with van der Waals surface area (Å²) in [7, 11) is 0. The summed E-state index contributed by atoms with van der Waals surface area (Å²) in [6, 6.07) is 104. The summed E-state index contributed by atoms with van der Waals surface area (Å²) in [5.41, 5.74) is 18.4. The van der Waals surface area contributed by atoms with Gasteiger partial charge in [-0.2, -0.15) is 10.5 Å². The number of furan rings is 1. The normalized spacial score (nSPS) is 11.9. The second kappa shape index (κ2) is 18.7. The average Bonchev–Trinajstić information content (AvgIpc) is 1.76. The van der Waals surface area contributed by atoms with Crippen molar-refractivity contribution >= 4 is 109 Å². The first-order valence-corrected chi connectivity index (χ1v) is 29.3. The number of rotatable bonds is 7. The largest absolute Gasteiger partial charge is 0.456 e. The van der Waals surface area contributed by atoms with Crippen molar-refractivity contribution in [3.63, 3.8) is 0 Å². The van der Waals surface area contributed by atoms with Crippen LogP contribution in [0.25, 0.3) is 165 Å². The smallest absolute Gasteiger partial charge is 0.136 e. The first-order valence-electron chi connectivity index (χ1n) is 29.3. The summed E-state index contributed by atoms with van der Waals surface area (Å²) in [5, 5.41) is 35.3. The molecule has 0 amide bonds. The minimum Gasteiger partial charge on any atom is -0.456 e. The van der Waals surface area contributed by atoms with E-state index in [0.29, 0.717) is 11.4 Å². The molecular weight excluding hydrogens is 1060 g/mol. The Hall–Kier alpha value is -12.2. The van der Waals surface area contributed by atoms with E-state index in [2.05, 4.69) is 285 Å². The maximum atomic E-state index is 12.6. The summed E-state index contributed by atoms with van der Waals surface area (Å²) in [6.45, 7) is 0. The fraction of sp³-hybridized carbons (Fsp3) is 0. The van der Waals surface area contributed by atoms with Gasteiger partial charge in [0.1, 0.15) is 23.3 Å². The zero-order chi connectivity index (χ0) is 57.4. The Morgan fingerprint density at radius 3 is 0.920 bits per heavy atom. The van der Waals surface area contributed by atoms with Gasteiger partial charge in [0.15, 0.2) is 0 Å². The monoisotopic (exact) mass is 1110 g/mol. The minimum absolute atomic E-state index is 0.233. The van der Waals surface area contributed by atoms with Gasteiger partial charge in [0.25, 0.3) is 0 Å². The fourth-order valence-corrected chi connectivity index (χ4v) is 14.3. The van der Waals surface area contributed by atoms with E-state index in [0.717, 1.165) is 154 Å². The highest BCUT2D eigenvalue weighted by molar-refractivity contribution is 6.20. The molecule has 402 valence electrons. The first kappa shape index (κ1) is 48.4. The molecule has 5 aromatic heterocycles. The van der Waals surface area contributed by atoms with E-state index in [9.17, 15) is 10.5 Å². The van der Waals surface area contributed by atoms with Gasteiger partial charge in [0.05, 0.1) is 78.0 Å². The molecule has 0 aliphatic rings. The lowest BCUT2D eigenvalue weighted by Gasteiger charge is -2.27. The van der Waals surface area contributed by atoms with Crippen molar-refractivity contribution in [1.29, 1.82) is 10.5 Å². The topological polar surface area (TPSA) is 80.4 Å². The molecule has 0 atom stereocenters. The van der Waals surface area contributed by atoms with E-state index < -0.39 is 0 Å². The second-order valence-electron chi connectivity index (χ2n) is 22.5. The maximum absolute atomic E-state index is 12.6. The van der Waals surface area contributed by atoms with Crippen LogP contribution in [-0.2, 0) is 0 Å². The highest BCUT2D eigenvalue weighted by Gasteiger charge is 2.35. The van der Waals surface area contributed by atoms with Gasteiger partial charge in [0, 0.05) is 53.9 Å². The standard InChI is InChI=1S/C80H46N6O/c81-47-65-66(48-82)78(86-70-34-18-13-29-58(70)63-46-76-64(45-74(63)86)59-30-14-19-35-75(59)87-76)80(85-69-33-17-12-28-57(69)62-44-54(38-41-73(62)85)51-24-8-3-9-25-51)79(84-68-32-16-11-27-56(68)61-43-53(37-40-72(61)84)50-22-6-2-7-23-50)77(65)83-67-31-15-10-26-55(67)60-42-52(36-39-71(60)83)49-20-4-1-5-21-49/h1-46H. The molecule has 13 aromatic carbocycles. The van der Waals surface area contributed by atoms with Gasteiger partial charge in [0.2, 0.25) is 0 Å². The number of fused-ring (bicyclic) bond motifs is 15. The van der Waals surface area contributed by atoms with Crippen molar-refractivity contribution in [1.82, 2.24) is 18.3 Å². The molecule has 7 nitrogen and oxygen atoms in total. The number of para-hydroxylation sites is 5. The Balaban J connectivity index is 1.12. The second-order valence-corrected chi connectivity index (χ2v) is 22.5. The van der Waals surface area contributed by atoms with E-state index in [1.165, 1.54) is 0 Å². The summed E-state index contributed by atoms with van der Waals surface area (Å²) >= 11 is 0. The molecular formula is C80H46N6O. The maximum Gasteiger partial charge on any atom is 0.136 e. The van der Waals surface area contributed by atoms with Gasteiger partial charge in [-0.3, -0.25) is 0 Å². The zero-order valence-corrected chi connectivity index (χ0v) is 46.6. The molecule has 0 unspecified atom stereocenters. The average molecular weight is 1110 g/mol. The molecule has 18 rings (SSSR count). The van der Waals surface area contributed by atoms with Gasteiger partial charge in [-0.15, -0.1) is 0 Å². The molecule has 0 fully saturated rings. The summed E-state index contributed by atoms with van der Waals surface area (Å²) in [4.78, 5) is 0. The van der Waals surface area contributed by atoms with Gasteiger partial charge in [-0.25, -0.2) is 0 Å². The van der Waals surface area contributed by atoms with Crippen LogP contribution in [0.3, 0.4) is 0 Å². The molecule has 7 heteroatoms. The van der Waals surface area contributed by atoms with Crippen molar-refractivity contribution in [2.45, 2.75) is 0 Å². The summed E-state index contributed by atoms with van der Waals surface area (Å²) in [6.07, 6.45) is 0. The summed E-state index contributed by atoms with van der Waals surface area (Å²) < 4.78 is 16.0. The van der Waals surface area contributed by atoms with Crippen molar-refractivity contribution in [2.24, 2.45) is 0 Å². The highest BCUT2D eigenvalue weighted by atomic mass is 16.3. The molecule has 18 aromatic rings. The molecule has 0 spiro atoms. The molecule has 0 aliphatic heterocycles. The number of aromatic nitrogens is 4. The lowest BCUT2D eigenvalue weighted by atomic mass is 9.98. The van der Waals surface area contributed by atoms with Gasteiger partial charge >= 0.3 is 0 Å². The third-order valence-electron chi connectivity index (χ3n) is 18.0. The zero-order valence-electron chi connectivity index (χ0n) is 46.6. The fourth-order valence-electron chi connectivity index (χ4n) is 14.3.